The number of aromatic nitrogens is 2. The first-order chi connectivity index (χ1) is 4.47. The summed E-state index contributed by atoms with van der Waals surface area (Å²) in [4.78, 5) is 7.70. The molecule has 0 bridgehead atoms. The van der Waals surface area contributed by atoms with Crippen LogP contribution >= 0.6 is 0 Å². The van der Waals surface area contributed by atoms with Gasteiger partial charge in [0.1, 0.15) is 0 Å². The molecule has 1 aliphatic rings. The molecule has 0 saturated carbocycles. The molecule has 0 atom stereocenters. The van der Waals surface area contributed by atoms with E-state index in [1.54, 1.807) is 12.4 Å². The lowest BCUT2D eigenvalue weighted by Gasteiger charge is -1.87. The van der Waals surface area contributed by atoms with E-state index in [9.17, 15) is 0 Å². The Kier molecular flexibility index (Phi) is 0.798. The Morgan fingerprint density at radius 3 is 2.22 bits per heavy atom. The molecule has 0 spiro atoms. The topological polar surface area (TPSA) is 44.2 Å². The molecule has 0 unspecified atom stereocenters. The van der Waals surface area contributed by atoms with Gasteiger partial charge in [-0.2, -0.15) is 0 Å². The molecule has 0 amide bonds. The summed E-state index contributed by atoms with van der Waals surface area (Å²) in [6.45, 7) is 0.235. The van der Waals surface area contributed by atoms with Crippen molar-refractivity contribution in [2.45, 2.75) is 0 Å². The molecule has 2 heterocycles. The highest BCUT2D eigenvalue weighted by atomic mass is 16.7. The van der Waals surface area contributed by atoms with Crippen molar-refractivity contribution < 1.29 is 9.47 Å². The molecule has 1 aromatic rings. The van der Waals surface area contributed by atoms with Gasteiger partial charge in [0.25, 0.3) is 11.8 Å². The summed E-state index contributed by atoms with van der Waals surface area (Å²) in [5, 5.41) is 0. The van der Waals surface area contributed by atoms with E-state index in [2.05, 4.69) is 9.97 Å². The van der Waals surface area contributed by atoms with Crippen molar-refractivity contribution in [1.29, 1.82) is 0 Å². The largest absolute Gasteiger partial charge is 0.436 e. The molecule has 46 valence electrons. The van der Waals surface area contributed by atoms with Crippen LogP contribution in [0.25, 0.3) is 0 Å². The Bertz CT molecular complexity index is 203. The van der Waals surface area contributed by atoms with Crippen molar-refractivity contribution in [3.8, 4) is 11.8 Å². The summed E-state index contributed by atoms with van der Waals surface area (Å²) in [7, 11) is 0. The second kappa shape index (κ2) is 1.58. The first-order valence-electron chi connectivity index (χ1n) is 2.53. The van der Waals surface area contributed by atoms with Crippen LogP contribution in [0, 0.1) is 0 Å². The summed E-state index contributed by atoms with van der Waals surface area (Å²) >= 11 is 0. The van der Waals surface area contributed by atoms with Crippen molar-refractivity contribution in [2.24, 2.45) is 0 Å². The van der Waals surface area contributed by atoms with Crippen LogP contribution in [0.1, 0.15) is 0 Å². The van der Waals surface area contributed by atoms with Crippen LogP contribution in [0.2, 0.25) is 0 Å². The molecule has 0 aliphatic carbocycles. The SMILES string of the molecule is c1cnc2c(n1)OCO2. The zero-order valence-corrected chi connectivity index (χ0v) is 4.57. The van der Waals surface area contributed by atoms with Gasteiger partial charge in [0.05, 0.1) is 0 Å². The lowest BCUT2D eigenvalue weighted by molar-refractivity contribution is 0.168. The second-order valence-corrected chi connectivity index (χ2v) is 1.57. The van der Waals surface area contributed by atoms with Gasteiger partial charge in [0.2, 0.25) is 6.79 Å². The Balaban J connectivity index is 2.54. The lowest BCUT2D eigenvalue weighted by Crippen LogP contribution is -1.93. The monoisotopic (exact) mass is 124 g/mol. The molecule has 4 heteroatoms. The average Bonchev–Trinajstić information content (AvgIpc) is 2.33. The molecule has 1 aliphatic heterocycles. The third-order valence-corrected chi connectivity index (χ3v) is 1.02. The summed E-state index contributed by atoms with van der Waals surface area (Å²) in [6, 6.07) is 0. The maximum Gasteiger partial charge on any atom is 0.281 e. The van der Waals surface area contributed by atoms with Gasteiger partial charge in [-0.25, -0.2) is 9.97 Å². The van der Waals surface area contributed by atoms with Gasteiger partial charge in [-0.05, 0) is 0 Å². The molecule has 0 saturated heterocycles. The Labute approximate surface area is 51.5 Å². The molecule has 0 N–H and O–H groups in total. The van der Waals surface area contributed by atoms with Crippen LogP contribution < -0.4 is 9.47 Å². The normalized spacial score (nSPS) is 13.8. The molecule has 9 heavy (non-hydrogen) atoms. The summed E-state index contributed by atoms with van der Waals surface area (Å²) < 4.78 is 9.81. The van der Waals surface area contributed by atoms with Crippen molar-refractivity contribution in [3.05, 3.63) is 12.4 Å². The van der Waals surface area contributed by atoms with Crippen LogP contribution in [-0.2, 0) is 0 Å². The number of rotatable bonds is 0. The van der Waals surface area contributed by atoms with Gasteiger partial charge in [-0.15, -0.1) is 0 Å². The fraction of sp³-hybridized carbons (Fsp3) is 0.200. The molecule has 1 aromatic heterocycles. The number of ether oxygens (including phenoxy) is 2. The van der Waals surface area contributed by atoms with Gasteiger partial charge in [0.15, 0.2) is 0 Å². The third-order valence-electron chi connectivity index (χ3n) is 1.02. The number of hydrogen-bond donors (Lipinski definition) is 0. The standard InChI is InChI=1S/C5H4N2O2/c1-2-7-5-4(6-1)8-3-9-5/h1-2H,3H2. The number of nitrogens with zero attached hydrogens (tertiary/aromatic N) is 2. The van der Waals surface area contributed by atoms with Gasteiger partial charge in [-0.1, -0.05) is 0 Å². The van der Waals surface area contributed by atoms with E-state index in [0.29, 0.717) is 11.8 Å². The lowest BCUT2D eigenvalue weighted by atomic mass is 10.7. The van der Waals surface area contributed by atoms with Gasteiger partial charge in [-0.3, -0.25) is 0 Å². The van der Waals surface area contributed by atoms with Crippen LogP contribution in [0.3, 0.4) is 0 Å². The third kappa shape index (κ3) is 0.595. The van der Waals surface area contributed by atoms with E-state index in [0.717, 1.165) is 0 Å². The zero-order valence-electron chi connectivity index (χ0n) is 4.57. The molecule has 2 rings (SSSR count). The van der Waals surface area contributed by atoms with E-state index in [-0.39, 0.29) is 6.79 Å². The van der Waals surface area contributed by atoms with Crippen LogP contribution in [0.4, 0.5) is 0 Å². The Morgan fingerprint density at radius 2 is 1.67 bits per heavy atom. The van der Waals surface area contributed by atoms with Crippen molar-refractivity contribution in [2.75, 3.05) is 6.79 Å². The first kappa shape index (κ1) is 4.55. The van der Waals surface area contributed by atoms with Crippen molar-refractivity contribution >= 4 is 0 Å². The fourth-order valence-electron chi connectivity index (χ4n) is 0.652. The summed E-state index contributed by atoms with van der Waals surface area (Å²) in [5.74, 6) is 0.968. The summed E-state index contributed by atoms with van der Waals surface area (Å²) in [5.41, 5.74) is 0. The molecule has 0 aromatic carbocycles. The highest BCUT2D eigenvalue weighted by Gasteiger charge is 2.13. The van der Waals surface area contributed by atoms with E-state index < -0.39 is 0 Å². The predicted molar refractivity (Wildman–Crippen MR) is 28.2 cm³/mol. The van der Waals surface area contributed by atoms with Gasteiger partial charge in [0, 0.05) is 12.4 Å². The highest BCUT2D eigenvalue weighted by Crippen LogP contribution is 2.24. The average molecular weight is 124 g/mol. The molecule has 4 nitrogen and oxygen atoms in total. The van der Waals surface area contributed by atoms with Gasteiger partial charge >= 0.3 is 0 Å². The van der Waals surface area contributed by atoms with Crippen molar-refractivity contribution in [1.82, 2.24) is 9.97 Å². The Morgan fingerprint density at radius 1 is 1.11 bits per heavy atom. The predicted octanol–water partition coefficient (Wildman–Crippen LogP) is 0.205. The van der Waals surface area contributed by atoms with Crippen LogP contribution in [-0.4, -0.2) is 16.8 Å². The first-order valence-corrected chi connectivity index (χ1v) is 2.53. The van der Waals surface area contributed by atoms with E-state index in [1.165, 1.54) is 0 Å². The fourth-order valence-corrected chi connectivity index (χ4v) is 0.652. The molecule has 0 radical (unpaired) electrons. The van der Waals surface area contributed by atoms with Crippen LogP contribution in [0.15, 0.2) is 12.4 Å². The molecular formula is C5H4N2O2. The number of fused-ring (bicyclic) bond motifs is 1. The maximum absolute atomic E-state index is 4.90. The number of hydrogen-bond acceptors (Lipinski definition) is 4. The quantitative estimate of drug-likeness (QED) is 0.495. The Hall–Kier alpha value is -1.32. The van der Waals surface area contributed by atoms with Crippen LogP contribution in [0.5, 0.6) is 11.8 Å². The summed E-state index contributed by atoms with van der Waals surface area (Å²) in [6.07, 6.45) is 3.13. The molecule has 0 fully saturated rings. The zero-order chi connectivity index (χ0) is 6.10. The van der Waals surface area contributed by atoms with E-state index in [1.807, 2.05) is 0 Å². The smallest absolute Gasteiger partial charge is 0.281 e. The molecular weight excluding hydrogens is 120 g/mol. The highest BCUT2D eigenvalue weighted by molar-refractivity contribution is 5.25. The maximum atomic E-state index is 4.90. The van der Waals surface area contributed by atoms with Gasteiger partial charge < -0.3 is 9.47 Å². The minimum absolute atomic E-state index is 0.235. The van der Waals surface area contributed by atoms with Crippen molar-refractivity contribution in [3.63, 3.8) is 0 Å². The minimum Gasteiger partial charge on any atom is -0.436 e. The second-order valence-electron chi connectivity index (χ2n) is 1.57. The minimum atomic E-state index is 0.235. The van der Waals surface area contributed by atoms with E-state index in [4.69, 9.17) is 9.47 Å². The van der Waals surface area contributed by atoms with E-state index >= 15 is 0 Å².